The summed E-state index contributed by atoms with van der Waals surface area (Å²) in [5, 5.41) is 11.8. The molecule has 9 heteroatoms. The maximum absolute atomic E-state index is 12.6. The second kappa shape index (κ2) is 9.32. The van der Waals surface area contributed by atoms with Crippen molar-refractivity contribution >= 4 is 35.1 Å². The van der Waals surface area contributed by atoms with Crippen LogP contribution in [0.15, 0.2) is 41.3 Å². The van der Waals surface area contributed by atoms with Crippen molar-refractivity contribution in [3.63, 3.8) is 0 Å². The number of nitrogens with one attached hydrogen (secondary N) is 1. The van der Waals surface area contributed by atoms with Gasteiger partial charge >= 0.3 is 6.03 Å². The number of carbonyl (C=O) groups excluding carboxylic acids is 1. The van der Waals surface area contributed by atoms with Crippen LogP contribution in [0.3, 0.4) is 0 Å². The van der Waals surface area contributed by atoms with Gasteiger partial charge in [0.2, 0.25) is 0 Å². The van der Waals surface area contributed by atoms with E-state index in [1.54, 1.807) is 11.8 Å². The summed E-state index contributed by atoms with van der Waals surface area (Å²) in [6.45, 7) is 5.95. The Labute approximate surface area is 175 Å². The monoisotopic (exact) mass is 414 g/mol. The topological polar surface area (TPSA) is 73.8 Å². The molecule has 2 amide bonds. The summed E-state index contributed by atoms with van der Waals surface area (Å²) in [5.41, 5.74) is 0.828. The molecule has 8 nitrogen and oxygen atoms in total. The third-order valence-corrected chi connectivity index (χ3v) is 5.91. The van der Waals surface area contributed by atoms with E-state index in [0.717, 1.165) is 61.6 Å². The summed E-state index contributed by atoms with van der Waals surface area (Å²) in [6, 6.07) is 11.9. The zero-order chi connectivity index (χ0) is 20.1. The summed E-state index contributed by atoms with van der Waals surface area (Å²) in [4.78, 5) is 19.9. The number of urea groups is 1. The number of ether oxygens (including phenoxy) is 1. The van der Waals surface area contributed by atoms with E-state index in [0.29, 0.717) is 13.1 Å². The first-order chi connectivity index (χ1) is 14.2. The molecule has 1 aromatic heterocycles. The molecule has 0 unspecified atom stereocenters. The fourth-order valence-electron chi connectivity index (χ4n) is 3.49. The molecule has 1 N–H and O–H groups in total. The number of rotatable bonds is 4. The average Bonchev–Trinajstić information content (AvgIpc) is 2.80. The van der Waals surface area contributed by atoms with E-state index in [2.05, 4.69) is 25.3 Å². The highest BCUT2D eigenvalue weighted by atomic mass is 32.2. The lowest BCUT2D eigenvalue weighted by Crippen LogP contribution is -2.50. The van der Waals surface area contributed by atoms with E-state index in [1.165, 1.54) is 0 Å². The Balaban J connectivity index is 1.30. The number of hydrogen-bond donors (Lipinski definition) is 1. The summed E-state index contributed by atoms with van der Waals surface area (Å²) in [7, 11) is 0. The van der Waals surface area contributed by atoms with Gasteiger partial charge in [-0.3, -0.25) is 0 Å². The zero-order valence-corrected chi connectivity index (χ0v) is 17.4. The van der Waals surface area contributed by atoms with E-state index in [-0.39, 0.29) is 6.03 Å². The number of thioether (sulfide) groups is 1. The minimum atomic E-state index is -0.0587. The molecule has 0 atom stereocenters. The standard InChI is InChI=1S/C20H26N6O2S/c1-29-17-4-2-3-16(15-17)21-20(27)26-9-7-24(8-10-26)18-5-6-19(23-22-18)25-11-13-28-14-12-25/h2-6,15H,7-14H2,1H3,(H,21,27). The van der Waals surface area contributed by atoms with Gasteiger partial charge in [-0.15, -0.1) is 22.0 Å². The first kappa shape index (κ1) is 19.8. The van der Waals surface area contributed by atoms with Crippen molar-refractivity contribution < 1.29 is 9.53 Å². The lowest BCUT2D eigenvalue weighted by molar-refractivity contribution is 0.122. The number of benzene rings is 1. The van der Waals surface area contributed by atoms with E-state index < -0.39 is 0 Å². The lowest BCUT2D eigenvalue weighted by Gasteiger charge is -2.35. The molecule has 2 aliphatic rings. The van der Waals surface area contributed by atoms with Crippen molar-refractivity contribution in [2.24, 2.45) is 0 Å². The highest BCUT2D eigenvalue weighted by Crippen LogP contribution is 2.20. The Morgan fingerprint density at radius 1 is 0.966 bits per heavy atom. The fraction of sp³-hybridized carbons (Fsp3) is 0.450. The van der Waals surface area contributed by atoms with Crippen LogP contribution in [0.5, 0.6) is 0 Å². The Hall–Kier alpha value is -2.52. The smallest absolute Gasteiger partial charge is 0.321 e. The van der Waals surface area contributed by atoms with Crippen LogP contribution >= 0.6 is 11.8 Å². The number of carbonyl (C=O) groups is 1. The number of anilines is 3. The SMILES string of the molecule is CSc1cccc(NC(=O)N2CCN(c3ccc(N4CCOCC4)nn3)CC2)c1. The maximum atomic E-state index is 12.6. The molecule has 2 saturated heterocycles. The number of aromatic nitrogens is 2. The van der Waals surface area contributed by atoms with E-state index >= 15 is 0 Å². The van der Waals surface area contributed by atoms with Gasteiger partial charge in [0.25, 0.3) is 0 Å². The van der Waals surface area contributed by atoms with Gasteiger partial charge in [-0.25, -0.2) is 4.79 Å². The Morgan fingerprint density at radius 2 is 1.62 bits per heavy atom. The third-order valence-electron chi connectivity index (χ3n) is 5.18. The molecule has 0 bridgehead atoms. The Bertz CT molecular complexity index is 820. The number of amides is 2. The first-order valence-corrected chi connectivity index (χ1v) is 11.1. The number of piperazine rings is 1. The molecule has 29 heavy (non-hydrogen) atoms. The largest absolute Gasteiger partial charge is 0.378 e. The molecule has 4 rings (SSSR count). The van der Waals surface area contributed by atoms with Crippen molar-refractivity contribution in [1.82, 2.24) is 15.1 Å². The van der Waals surface area contributed by atoms with Crippen molar-refractivity contribution in [3.05, 3.63) is 36.4 Å². The summed E-state index contributed by atoms with van der Waals surface area (Å²) in [5.74, 6) is 1.75. The van der Waals surface area contributed by atoms with Crippen molar-refractivity contribution in [2.75, 3.05) is 73.9 Å². The van der Waals surface area contributed by atoms with Crippen LogP contribution in [0.25, 0.3) is 0 Å². The first-order valence-electron chi connectivity index (χ1n) is 9.84. The molecule has 154 valence electrons. The zero-order valence-electron chi connectivity index (χ0n) is 16.6. The third kappa shape index (κ3) is 4.91. The minimum Gasteiger partial charge on any atom is -0.378 e. The second-order valence-corrected chi connectivity index (χ2v) is 7.87. The molecule has 0 spiro atoms. The molecule has 2 fully saturated rings. The van der Waals surface area contributed by atoms with Gasteiger partial charge < -0.3 is 24.8 Å². The van der Waals surface area contributed by atoms with Crippen LogP contribution in [-0.4, -0.2) is 79.9 Å². The molecule has 0 radical (unpaired) electrons. The quantitative estimate of drug-likeness (QED) is 0.770. The van der Waals surface area contributed by atoms with Crippen LogP contribution in [-0.2, 0) is 4.74 Å². The number of nitrogens with zero attached hydrogens (tertiary/aromatic N) is 5. The van der Waals surface area contributed by atoms with Crippen LogP contribution in [0.4, 0.5) is 22.1 Å². The summed E-state index contributed by atoms with van der Waals surface area (Å²) < 4.78 is 5.38. The molecule has 2 aliphatic heterocycles. The molecule has 0 aliphatic carbocycles. The Morgan fingerprint density at radius 3 is 2.24 bits per heavy atom. The molecule has 1 aromatic carbocycles. The molecular weight excluding hydrogens is 388 g/mol. The normalized spacial score (nSPS) is 17.3. The van der Waals surface area contributed by atoms with Gasteiger partial charge in [-0.05, 0) is 36.6 Å². The minimum absolute atomic E-state index is 0.0587. The van der Waals surface area contributed by atoms with Gasteiger partial charge in [-0.1, -0.05) is 6.07 Å². The average molecular weight is 415 g/mol. The predicted molar refractivity (Wildman–Crippen MR) is 116 cm³/mol. The van der Waals surface area contributed by atoms with Gasteiger partial charge in [0.15, 0.2) is 11.6 Å². The van der Waals surface area contributed by atoms with Crippen molar-refractivity contribution in [3.8, 4) is 0 Å². The molecule has 0 saturated carbocycles. The van der Waals surface area contributed by atoms with Crippen LogP contribution in [0.1, 0.15) is 0 Å². The molecule has 3 heterocycles. The summed E-state index contributed by atoms with van der Waals surface area (Å²) in [6.07, 6.45) is 2.02. The van der Waals surface area contributed by atoms with Crippen LogP contribution in [0, 0.1) is 0 Å². The van der Waals surface area contributed by atoms with Gasteiger partial charge in [0.1, 0.15) is 0 Å². The lowest BCUT2D eigenvalue weighted by atomic mass is 10.3. The van der Waals surface area contributed by atoms with Crippen molar-refractivity contribution in [2.45, 2.75) is 4.90 Å². The number of hydrogen-bond acceptors (Lipinski definition) is 7. The highest BCUT2D eigenvalue weighted by Gasteiger charge is 2.22. The second-order valence-electron chi connectivity index (χ2n) is 6.99. The van der Waals surface area contributed by atoms with E-state index in [9.17, 15) is 4.79 Å². The van der Waals surface area contributed by atoms with E-state index in [4.69, 9.17) is 4.74 Å². The fourth-order valence-corrected chi connectivity index (χ4v) is 3.95. The van der Waals surface area contributed by atoms with E-state index in [1.807, 2.05) is 47.6 Å². The van der Waals surface area contributed by atoms with Crippen LogP contribution in [0.2, 0.25) is 0 Å². The van der Waals surface area contributed by atoms with Gasteiger partial charge in [0, 0.05) is 49.9 Å². The number of morpholine rings is 1. The van der Waals surface area contributed by atoms with Gasteiger partial charge in [0.05, 0.1) is 13.2 Å². The maximum Gasteiger partial charge on any atom is 0.321 e. The van der Waals surface area contributed by atoms with Crippen molar-refractivity contribution in [1.29, 1.82) is 0 Å². The molecule has 2 aromatic rings. The van der Waals surface area contributed by atoms with Crippen LogP contribution < -0.4 is 15.1 Å². The Kier molecular flexibility index (Phi) is 6.36. The summed E-state index contributed by atoms with van der Waals surface area (Å²) >= 11 is 1.66. The van der Waals surface area contributed by atoms with Gasteiger partial charge in [-0.2, -0.15) is 0 Å². The highest BCUT2D eigenvalue weighted by molar-refractivity contribution is 7.98. The molecular formula is C20H26N6O2S. The predicted octanol–water partition coefficient (Wildman–Crippen LogP) is 2.39.